The molecule has 1 amide bonds. The fourth-order valence-electron chi connectivity index (χ4n) is 3.58. The zero-order valence-electron chi connectivity index (χ0n) is 18.7. The van der Waals surface area contributed by atoms with Crippen molar-refractivity contribution in [2.24, 2.45) is 4.99 Å². The van der Waals surface area contributed by atoms with Gasteiger partial charge in [-0.1, -0.05) is 30.3 Å². The number of hydrogen-bond acceptors (Lipinski definition) is 5. The second-order valence-electron chi connectivity index (χ2n) is 7.69. The van der Waals surface area contributed by atoms with Crippen molar-refractivity contribution in [2.45, 2.75) is 51.9 Å². The van der Waals surface area contributed by atoms with Gasteiger partial charge in [0.1, 0.15) is 12.4 Å². The topological polar surface area (TPSA) is 96.7 Å². The Balaban J connectivity index is 1.50. The molecule has 9 nitrogen and oxygen atoms in total. The van der Waals surface area contributed by atoms with Crippen LogP contribution in [0.15, 0.2) is 35.3 Å². The maximum atomic E-state index is 12.5. The molecule has 1 aliphatic rings. The average molecular weight is 428 g/mol. The molecule has 1 unspecified atom stereocenters. The number of benzene rings is 1. The standard InChI is InChI=1S/C22H33N7O2/c1-4-23-22(24-13-12-21(30)28(2)14-17-8-6-5-7-9-17)25-18-10-11-20-26-19(16-31-3)27-29(20)15-18/h5-9,18H,4,10-16H2,1-3H3,(H2,23,24,25). The number of methoxy groups -OCH3 is 1. The second-order valence-corrected chi connectivity index (χ2v) is 7.69. The third kappa shape index (κ3) is 6.78. The predicted molar refractivity (Wildman–Crippen MR) is 119 cm³/mol. The molecular weight excluding hydrogens is 394 g/mol. The number of carbonyl (C=O) groups excluding carboxylic acids is 1. The average Bonchev–Trinajstić information content (AvgIpc) is 3.16. The highest BCUT2D eigenvalue weighted by molar-refractivity contribution is 5.81. The molecule has 3 rings (SSSR count). The first-order valence-electron chi connectivity index (χ1n) is 10.8. The van der Waals surface area contributed by atoms with Crippen LogP contribution in [-0.2, 0) is 35.6 Å². The van der Waals surface area contributed by atoms with Crippen LogP contribution < -0.4 is 10.6 Å². The van der Waals surface area contributed by atoms with E-state index < -0.39 is 0 Å². The Kier molecular flexibility index (Phi) is 8.40. The highest BCUT2D eigenvalue weighted by Gasteiger charge is 2.22. The first kappa shape index (κ1) is 22.7. The highest BCUT2D eigenvalue weighted by Crippen LogP contribution is 2.13. The number of amides is 1. The second kappa shape index (κ2) is 11.5. The van der Waals surface area contributed by atoms with Crippen molar-refractivity contribution in [3.8, 4) is 0 Å². The van der Waals surface area contributed by atoms with Crippen molar-refractivity contribution in [1.82, 2.24) is 30.3 Å². The molecule has 0 spiro atoms. The van der Waals surface area contributed by atoms with E-state index in [0.29, 0.717) is 26.1 Å². The molecule has 0 radical (unpaired) electrons. The summed E-state index contributed by atoms with van der Waals surface area (Å²) in [5.74, 6) is 2.53. The number of nitrogens with one attached hydrogen (secondary N) is 2. The highest BCUT2D eigenvalue weighted by atomic mass is 16.5. The Morgan fingerprint density at radius 1 is 1.35 bits per heavy atom. The predicted octanol–water partition coefficient (Wildman–Crippen LogP) is 1.34. The molecule has 1 aliphatic heterocycles. The molecule has 2 N–H and O–H groups in total. The smallest absolute Gasteiger partial charge is 0.224 e. The van der Waals surface area contributed by atoms with Crippen LogP contribution in [0, 0.1) is 0 Å². The van der Waals surface area contributed by atoms with Crippen LogP contribution in [0.25, 0.3) is 0 Å². The van der Waals surface area contributed by atoms with E-state index in [0.717, 1.165) is 49.1 Å². The molecule has 168 valence electrons. The molecule has 1 atom stereocenters. The molecule has 9 heteroatoms. The lowest BCUT2D eigenvalue weighted by molar-refractivity contribution is -0.130. The van der Waals surface area contributed by atoms with Crippen molar-refractivity contribution in [1.29, 1.82) is 0 Å². The largest absolute Gasteiger partial charge is 0.377 e. The van der Waals surface area contributed by atoms with Crippen LogP contribution in [0.5, 0.6) is 0 Å². The molecular formula is C22H33N7O2. The van der Waals surface area contributed by atoms with Gasteiger partial charge >= 0.3 is 0 Å². The van der Waals surface area contributed by atoms with E-state index >= 15 is 0 Å². The minimum atomic E-state index is 0.0825. The van der Waals surface area contributed by atoms with E-state index in [4.69, 9.17) is 4.74 Å². The number of ether oxygens (including phenoxy) is 1. The van der Waals surface area contributed by atoms with Crippen molar-refractivity contribution >= 4 is 11.9 Å². The molecule has 31 heavy (non-hydrogen) atoms. The summed E-state index contributed by atoms with van der Waals surface area (Å²) in [7, 11) is 3.48. The van der Waals surface area contributed by atoms with E-state index in [-0.39, 0.29) is 11.9 Å². The number of aliphatic imine (C=N–C) groups is 1. The van der Waals surface area contributed by atoms with Gasteiger partial charge in [-0.2, -0.15) is 5.10 Å². The first-order chi connectivity index (χ1) is 15.1. The van der Waals surface area contributed by atoms with E-state index in [1.807, 2.05) is 49.0 Å². The Labute approximate surface area is 183 Å². The summed E-state index contributed by atoms with van der Waals surface area (Å²) in [6.45, 7) is 4.99. The molecule has 0 saturated heterocycles. The van der Waals surface area contributed by atoms with Crippen LogP contribution in [-0.4, -0.2) is 64.8 Å². The number of nitrogens with zero attached hydrogens (tertiary/aromatic N) is 5. The summed E-state index contributed by atoms with van der Waals surface area (Å²) in [5.41, 5.74) is 1.12. The quantitative estimate of drug-likeness (QED) is 0.463. The van der Waals surface area contributed by atoms with Gasteiger partial charge in [-0.25, -0.2) is 9.67 Å². The minimum absolute atomic E-state index is 0.0825. The monoisotopic (exact) mass is 427 g/mol. The molecule has 0 aliphatic carbocycles. The van der Waals surface area contributed by atoms with Gasteiger partial charge < -0.3 is 20.3 Å². The molecule has 2 heterocycles. The van der Waals surface area contributed by atoms with Gasteiger partial charge in [0, 0.05) is 46.1 Å². The fourth-order valence-corrected chi connectivity index (χ4v) is 3.58. The minimum Gasteiger partial charge on any atom is -0.377 e. The number of aryl methyl sites for hydroxylation is 1. The van der Waals surface area contributed by atoms with Crippen LogP contribution in [0.1, 0.15) is 37.0 Å². The lowest BCUT2D eigenvalue weighted by atomic mass is 10.1. The summed E-state index contributed by atoms with van der Waals surface area (Å²) in [6, 6.07) is 10.2. The van der Waals surface area contributed by atoms with Gasteiger partial charge in [0.2, 0.25) is 5.91 Å². The Morgan fingerprint density at radius 3 is 2.90 bits per heavy atom. The van der Waals surface area contributed by atoms with Crippen molar-refractivity contribution in [3.63, 3.8) is 0 Å². The molecule has 0 bridgehead atoms. The number of fused-ring (bicyclic) bond motifs is 1. The molecule has 1 aromatic carbocycles. The zero-order chi connectivity index (χ0) is 22.1. The first-order valence-corrected chi connectivity index (χ1v) is 10.8. The molecule has 2 aromatic rings. The Hall–Kier alpha value is -2.94. The normalized spacial score (nSPS) is 16.0. The lowest BCUT2D eigenvalue weighted by Crippen LogP contribution is -2.47. The number of carbonyl (C=O) groups is 1. The van der Waals surface area contributed by atoms with Crippen LogP contribution in [0.4, 0.5) is 0 Å². The summed E-state index contributed by atoms with van der Waals surface area (Å²) >= 11 is 0. The Morgan fingerprint density at radius 2 is 2.16 bits per heavy atom. The van der Waals surface area contributed by atoms with Gasteiger partial charge in [0.05, 0.1) is 13.1 Å². The number of guanidine groups is 1. The third-order valence-electron chi connectivity index (χ3n) is 5.14. The third-order valence-corrected chi connectivity index (χ3v) is 5.14. The van der Waals surface area contributed by atoms with Gasteiger partial charge in [0.15, 0.2) is 11.8 Å². The lowest BCUT2D eigenvalue weighted by Gasteiger charge is -2.25. The van der Waals surface area contributed by atoms with Crippen LogP contribution in [0.2, 0.25) is 0 Å². The van der Waals surface area contributed by atoms with Gasteiger partial charge in [-0.3, -0.25) is 9.79 Å². The van der Waals surface area contributed by atoms with Crippen molar-refractivity contribution < 1.29 is 9.53 Å². The van der Waals surface area contributed by atoms with E-state index in [1.165, 1.54) is 0 Å². The molecule has 1 aromatic heterocycles. The summed E-state index contributed by atoms with van der Waals surface area (Å²) in [6.07, 6.45) is 2.18. The van der Waals surface area contributed by atoms with Gasteiger partial charge in [0.25, 0.3) is 0 Å². The maximum Gasteiger partial charge on any atom is 0.224 e. The van der Waals surface area contributed by atoms with Crippen molar-refractivity contribution in [2.75, 3.05) is 27.2 Å². The fraction of sp³-hybridized carbons (Fsp3) is 0.545. The molecule has 0 fully saturated rings. The van der Waals surface area contributed by atoms with Crippen LogP contribution in [0.3, 0.4) is 0 Å². The van der Waals surface area contributed by atoms with E-state index in [9.17, 15) is 4.79 Å². The SMILES string of the molecule is CCNC(=NCCC(=O)N(C)Cc1ccccc1)NC1CCc2nc(COC)nn2C1. The summed E-state index contributed by atoms with van der Waals surface area (Å²) in [5, 5.41) is 11.3. The van der Waals surface area contributed by atoms with E-state index in [2.05, 4.69) is 25.7 Å². The van der Waals surface area contributed by atoms with Crippen molar-refractivity contribution in [3.05, 3.63) is 47.5 Å². The van der Waals surface area contributed by atoms with Crippen LogP contribution >= 0.6 is 0 Å². The number of aromatic nitrogens is 3. The number of hydrogen-bond donors (Lipinski definition) is 2. The van der Waals surface area contributed by atoms with E-state index in [1.54, 1.807) is 12.0 Å². The summed E-state index contributed by atoms with van der Waals surface area (Å²) in [4.78, 5) is 23.3. The van der Waals surface area contributed by atoms with Gasteiger partial charge in [-0.05, 0) is 18.9 Å². The molecule has 0 saturated carbocycles. The number of rotatable bonds is 9. The maximum absolute atomic E-state index is 12.5. The zero-order valence-corrected chi connectivity index (χ0v) is 18.7. The van der Waals surface area contributed by atoms with Gasteiger partial charge in [-0.15, -0.1) is 0 Å². The Bertz CT molecular complexity index is 866. The summed E-state index contributed by atoms with van der Waals surface area (Å²) < 4.78 is 7.07.